The number of nitrogens with two attached hydrogens (primary N) is 1. The van der Waals surface area contributed by atoms with Crippen LogP contribution in [0, 0.1) is 0 Å². The third kappa shape index (κ3) is 2.74. The van der Waals surface area contributed by atoms with E-state index in [0.29, 0.717) is 24.7 Å². The highest BCUT2D eigenvalue weighted by Gasteiger charge is 2.36. The van der Waals surface area contributed by atoms with Crippen molar-refractivity contribution in [2.75, 3.05) is 18.9 Å². The van der Waals surface area contributed by atoms with Crippen LogP contribution in [-0.2, 0) is 16.0 Å². The summed E-state index contributed by atoms with van der Waals surface area (Å²) < 4.78 is 5.79. The summed E-state index contributed by atoms with van der Waals surface area (Å²) >= 11 is 1.39. The quantitative estimate of drug-likeness (QED) is 0.890. The molecule has 2 heterocycles. The molecule has 19 heavy (non-hydrogen) atoms. The van der Waals surface area contributed by atoms with Crippen LogP contribution in [0.4, 0.5) is 5.13 Å². The Morgan fingerprint density at radius 1 is 1.53 bits per heavy atom. The van der Waals surface area contributed by atoms with Gasteiger partial charge in [-0.25, -0.2) is 4.98 Å². The van der Waals surface area contributed by atoms with E-state index in [1.807, 2.05) is 10.3 Å². The molecule has 0 bridgehead atoms. The van der Waals surface area contributed by atoms with Gasteiger partial charge < -0.3 is 15.4 Å². The zero-order chi connectivity index (χ0) is 13.2. The minimum Gasteiger partial charge on any atom is -0.375 e. The Labute approximate surface area is 116 Å². The van der Waals surface area contributed by atoms with Gasteiger partial charge in [0.1, 0.15) is 0 Å². The summed E-state index contributed by atoms with van der Waals surface area (Å²) in [5.41, 5.74) is 6.39. The van der Waals surface area contributed by atoms with Gasteiger partial charge in [-0.2, -0.15) is 0 Å². The van der Waals surface area contributed by atoms with Crippen LogP contribution in [0.5, 0.6) is 0 Å². The lowest BCUT2D eigenvalue weighted by Crippen LogP contribution is -2.55. The molecule has 1 amide bonds. The van der Waals surface area contributed by atoms with Crippen LogP contribution in [0.15, 0.2) is 5.38 Å². The number of nitrogen functional groups attached to an aromatic ring is 1. The Kier molecular flexibility index (Phi) is 3.70. The number of thiazole rings is 1. The Hall–Kier alpha value is -1.14. The van der Waals surface area contributed by atoms with Crippen molar-refractivity contribution < 1.29 is 9.53 Å². The summed E-state index contributed by atoms with van der Waals surface area (Å²) in [4.78, 5) is 18.6. The molecule has 2 atom stereocenters. The van der Waals surface area contributed by atoms with Gasteiger partial charge in [-0.3, -0.25) is 4.79 Å². The van der Waals surface area contributed by atoms with Crippen molar-refractivity contribution >= 4 is 22.4 Å². The average Bonchev–Trinajstić information content (AvgIpc) is 2.83. The summed E-state index contributed by atoms with van der Waals surface area (Å²) in [5.74, 6) is 0.158. The second kappa shape index (κ2) is 5.46. The number of rotatable bonds is 2. The minimum absolute atomic E-state index is 0.158. The number of fused-ring (bicyclic) bond motifs is 1. The monoisotopic (exact) mass is 281 g/mol. The van der Waals surface area contributed by atoms with Gasteiger partial charge in [0.05, 0.1) is 30.9 Å². The molecule has 1 saturated carbocycles. The maximum Gasteiger partial charge on any atom is 0.229 e. The number of nitrogens with zero attached hydrogens (tertiary/aromatic N) is 2. The number of amides is 1. The van der Waals surface area contributed by atoms with E-state index in [4.69, 9.17) is 10.5 Å². The number of ether oxygens (including phenoxy) is 1. The van der Waals surface area contributed by atoms with Crippen LogP contribution in [0.3, 0.4) is 0 Å². The first-order valence-electron chi connectivity index (χ1n) is 6.85. The van der Waals surface area contributed by atoms with Crippen molar-refractivity contribution in [3.63, 3.8) is 0 Å². The van der Waals surface area contributed by atoms with E-state index in [9.17, 15) is 4.79 Å². The molecule has 1 aliphatic heterocycles. The highest BCUT2D eigenvalue weighted by atomic mass is 32.1. The predicted molar refractivity (Wildman–Crippen MR) is 73.9 cm³/mol. The molecular weight excluding hydrogens is 262 g/mol. The van der Waals surface area contributed by atoms with Crippen molar-refractivity contribution in [1.82, 2.24) is 9.88 Å². The van der Waals surface area contributed by atoms with E-state index in [-0.39, 0.29) is 18.1 Å². The minimum atomic E-state index is 0.158. The average molecular weight is 281 g/mol. The van der Waals surface area contributed by atoms with Crippen molar-refractivity contribution in [3.8, 4) is 0 Å². The van der Waals surface area contributed by atoms with E-state index < -0.39 is 0 Å². The number of carbonyl (C=O) groups excluding carboxylic acids is 1. The molecule has 1 saturated heterocycles. The summed E-state index contributed by atoms with van der Waals surface area (Å²) in [6.45, 7) is 1.37. The molecule has 1 aromatic rings. The van der Waals surface area contributed by atoms with Gasteiger partial charge in [0.2, 0.25) is 5.91 Å². The topological polar surface area (TPSA) is 68.5 Å². The molecule has 1 aliphatic carbocycles. The van der Waals surface area contributed by atoms with Gasteiger partial charge >= 0.3 is 0 Å². The van der Waals surface area contributed by atoms with Gasteiger partial charge in [0, 0.05) is 11.9 Å². The lowest BCUT2D eigenvalue weighted by atomic mass is 9.90. The third-order valence-corrected chi connectivity index (χ3v) is 4.68. The molecule has 1 aromatic heterocycles. The van der Waals surface area contributed by atoms with Crippen LogP contribution in [0.25, 0.3) is 0 Å². The molecule has 3 rings (SSSR count). The lowest BCUT2D eigenvalue weighted by Gasteiger charge is -2.43. The third-order valence-electron chi connectivity index (χ3n) is 3.95. The van der Waals surface area contributed by atoms with Gasteiger partial charge in [-0.1, -0.05) is 12.8 Å². The molecule has 0 spiro atoms. The molecule has 2 aliphatic rings. The fourth-order valence-corrected chi connectivity index (χ4v) is 3.63. The van der Waals surface area contributed by atoms with Crippen molar-refractivity contribution in [2.45, 2.75) is 44.2 Å². The van der Waals surface area contributed by atoms with Gasteiger partial charge in [0.15, 0.2) is 5.13 Å². The van der Waals surface area contributed by atoms with E-state index in [2.05, 4.69) is 4.98 Å². The maximum atomic E-state index is 12.4. The van der Waals surface area contributed by atoms with Crippen LogP contribution >= 0.6 is 11.3 Å². The molecule has 2 fully saturated rings. The SMILES string of the molecule is Nc1nc(CC(=O)N2CCOC3CCCCC32)cs1. The standard InChI is InChI=1S/C13H19N3O2S/c14-13-15-9(8-19-13)7-12(17)16-5-6-18-11-4-2-1-3-10(11)16/h8,10-11H,1-7H2,(H2,14,15). The fourth-order valence-electron chi connectivity index (χ4n) is 3.07. The highest BCUT2D eigenvalue weighted by molar-refractivity contribution is 7.13. The Balaban J connectivity index is 1.67. The van der Waals surface area contributed by atoms with E-state index >= 15 is 0 Å². The molecular formula is C13H19N3O2S. The van der Waals surface area contributed by atoms with Crippen molar-refractivity contribution in [1.29, 1.82) is 0 Å². The lowest BCUT2D eigenvalue weighted by molar-refractivity contribution is -0.148. The number of morpholine rings is 1. The van der Waals surface area contributed by atoms with Crippen LogP contribution in [0.1, 0.15) is 31.4 Å². The summed E-state index contributed by atoms with van der Waals surface area (Å²) in [6.07, 6.45) is 5.15. The summed E-state index contributed by atoms with van der Waals surface area (Å²) in [6, 6.07) is 0.269. The first-order chi connectivity index (χ1) is 9.24. The number of aromatic nitrogens is 1. The largest absolute Gasteiger partial charge is 0.375 e. The van der Waals surface area contributed by atoms with Crippen LogP contribution in [0.2, 0.25) is 0 Å². The second-order valence-electron chi connectivity index (χ2n) is 5.20. The first-order valence-corrected chi connectivity index (χ1v) is 7.73. The Bertz CT molecular complexity index is 460. The molecule has 2 unspecified atom stereocenters. The maximum absolute atomic E-state index is 12.4. The molecule has 0 radical (unpaired) electrons. The van der Waals surface area contributed by atoms with Crippen LogP contribution < -0.4 is 5.73 Å². The van der Waals surface area contributed by atoms with Gasteiger partial charge in [0.25, 0.3) is 0 Å². The molecule has 2 N–H and O–H groups in total. The molecule has 6 heteroatoms. The molecule has 104 valence electrons. The molecule has 5 nitrogen and oxygen atoms in total. The Morgan fingerprint density at radius 2 is 2.37 bits per heavy atom. The van der Waals surface area contributed by atoms with E-state index in [1.54, 1.807) is 0 Å². The second-order valence-corrected chi connectivity index (χ2v) is 6.09. The highest BCUT2D eigenvalue weighted by Crippen LogP contribution is 2.29. The Morgan fingerprint density at radius 3 is 3.16 bits per heavy atom. The number of carbonyl (C=O) groups is 1. The first kappa shape index (κ1) is 12.9. The number of anilines is 1. The summed E-state index contributed by atoms with van der Waals surface area (Å²) in [7, 11) is 0. The van der Waals surface area contributed by atoms with Gasteiger partial charge in [-0.05, 0) is 12.8 Å². The van der Waals surface area contributed by atoms with Gasteiger partial charge in [-0.15, -0.1) is 11.3 Å². The van der Waals surface area contributed by atoms with Crippen molar-refractivity contribution in [3.05, 3.63) is 11.1 Å². The van der Waals surface area contributed by atoms with E-state index in [1.165, 1.54) is 24.2 Å². The van der Waals surface area contributed by atoms with Crippen molar-refractivity contribution in [2.24, 2.45) is 0 Å². The number of hydrogen-bond donors (Lipinski definition) is 1. The van der Waals surface area contributed by atoms with E-state index in [0.717, 1.165) is 18.5 Å². The smallest absolute Gasteiger partial charge is 0.229 e. The molecule has 0 aromatic carbocycles. The predicted octanol–water partition coefficient (Wildman–Crippen LogP) is 1.44. The normalized spacial score (nSPS) is 27.1. The summed E-state index contributed by atoms with van der Waals surface area (Å²) in [5, 5.41) is 2.40. The fraction of sp³-hybridized carbons (Fsp3) is 0.692. The zero-order valence-electron chi connectivity index (χ0n) is 10.9. The zero-order valence-corrected chi connectivity index (χ0v) is 11.7. The van der Waals surface area contributed by atoms with Crippen LogP contribution in [-0.4, -0.2) is 41.1 Å². The number of hydrogen-bond acceptors (Lipinski definition) is 5.